The van der Waals surface area contributed by atoms with Crippen molar-refractivity contribution in [2.75, 3.05) is 0 Å². The van der Waals surface area contributed by atoms with E-state index in [2.05, 4.69) is 6.58 Å². The molecule has 0 N–H and O–H groups in total. The van der Waals surface area contributed by atoms with Gasteiger partial charge < -0.3 is 4.74 Å². The van der Waals surface area contributed by atoms with Crippen molar-refractivity contribution >= 4 is 6.09 Å². The van der Waals surface area contributed by atoms with Gasteiger partial charge in [0.1, 0.15) is 5.60 Å². The molecule has 96 valence electrons. The Balaban J connectivity index is 2.04. The topological polar surface area (TPSA) is 29.5 Å². The van der Waals surface area contributed by atoms with Gasteiger partial charge in [-0.2, -0.15) is 0 Å². The van der Waals surface area contributed by atoms with Crippen LogP contribution >= 0.6 is 0 Å². The van der Waals surface area contributed by atoms with Crippen molar-refractivity contribution in [3.63, 3.8) is 0 Å². The van der Waals surface area contributed by atoms with Crippen molar-refractivity contribution in [2.45, 2.75) is 64.1 Å². The number of ether oxygens (including phenoxy) is 1. The summed E-state index contributed by atoms with van der Waals surface area (Å²) in [6, 6.07) is 0.580. The average Bonchev–Trinajstić information content (AvgIpc) is 2.17. The average molecular weight is 237 g/mol. The fraction of sp³-hybridized carbons (Fsp3) is 0.786. The monoisotopic (exact) mass is 237 g/mol. The van der Waals surface area contributed by atoms with Gasteiger partial charge in [0.25, 0.3) is 0 Å². The Labute approximate surface area is 104 Å². The molecule has 0 bridgehead atoms. The van der Waals surface area contributed by atoms with Gasteiger partial charge in [-0.3, -0.25) is 4.90 Å². The highest BCUT2D eigenvalue weighted by molar-refractivity contribution is 5.71. The summed E-state index contributed by atoms with van der Waals surface area (Å²) >= 11 is 0. The lowest BCUT2D eigenvalue weighted by molar-refractivity contribution is -0.0682. The van der Waals surface area contributed by atoms with Crippen LogP contribution in [0.3, 0.4) is 0 Å². The van der Waals surface area contributed by atoms with E-state index in [-0.39, 0.29) is 12.1 Å². The molecule has 2 fully saturated rings. The number of hydrogen-bond donors (Lipinski definition) is 0. The SMILES string of the molecule is C=CC1[C@@H]2CCCC[C@@H]2N1C(=O)OC(C)(C)C. The molecule has 1 heterocycles. The zero-order valence-electron chi connectivity index (χ0n) is 11.1. The molecule has 2 rings (SSSR count). The van der Waals surface area contributed by atoms with E-state index in [1.54, 1.807) is 0 Å². The first-order valence-corrected chi connectivity index (χ1v) is 6.58. The van der Waals surface area contributed by atoms with Crippen LogP contribution in [-0.2, 0) is 4.74 Å². The van der Waals surface area contributed by atoms with Gasteiger partial charge in [-0.05, 0) is 33.6 Å². The summed E-state index contributed by atoms with van der Waals surface area (Å²) in [6.07, 6.45) is 6.58. The molecular formula is C14H23NO2. The Hall–Kier alpha value is -0.990. The van der Waals surface area contributed by atoms with Gasteiger partial charge in [0, 0.05) is 12.0 Å². The van der Waals surface area contributed by atoms with E-state index in [9.17, 15) is 4.79 Å². The van der Waals surface area contributed by atoms with E-state index in [1.165, 1.54) is 19.3 Å². The van der Waals surface area contributed by atoms with Crippen LogP contribution in [0.2, 0.25) is 0 Å². The third-order valence-corrected chi connectivity index (χ3v) is 3.74. The summed E-state index contributed by atoms with van der Waals surface area (Å²) in [7, 11) is 0. The quantitative estimate of drug-likeness (QED) is 0.654. The second-order valence-corrected chi connectivity index (χ2v) is 6.13. The van der Waals surface area contributed by atoms with Crippen LogP contribution < -0.4 is 0 Å². The van der Waals surface area contributed by atoms with Crippen LogP contribution in [0.25, 0.3) is 0 Å². The maximum Gasteiger partial charge on any atom is 0.411 e. The molecule has 3 atom stereocenters. The van der Waals surface area contributed by atoms with E-state index >= 15 is 0 Å². The minimum absolute atomic E-state index is 0.175. The van der Waals surface area contributed by atoms with Crippen LogP contribution in [0.1, 0.15) is 46.5 Å². The van der Waals surface area contributed by atoms with Crippen LogP contribution in [-0.4, -0.2) is 28.7 Å². The number of amides is 1. The molecule has 1 saturated heterocycles. The first-order chi connectivity index (χ1) is 7.94. The molecule has 0 aromatic rings. The lowest BCUT2D eigenvalue weighted by Gasteiger charge is -2.56. The van der Waals surface area contributed by atoms with Gasteiger partial charge in [0.15, 0.2) is 0 Å². The maximum absolute atomic E-state index is 12.1. The fourth-order valence-corrected chi connectivity index (χ4v) is 3.07. The van der Waals surface area contributed by atoms with Crippen molar-refractivity contribution in [1.82, 2.24) is 4.90 Å². The summed E-state index contributed by atoms with van der Waals surface area (Å²) in [4.78, 5) is 14.0. The minimum Gasteiger partial charge on any atom is -0.444 e. The van der Waals surface area contributed by atoms with Crippen molar-refractivity contribution < 1.29 is 9.53 Å². The Morgan fingerprint density at radius 2 is 2.00 bits per heavy atom. The van der Waals surface area contributed by atoms with Crippen molar-refractivity contribution in [3.05, 3.63) is 12.7 Å². The minimum atomic E-state index is -0.414. The fourth-order valence-electron chi connectivity index (χ4n) is 3.07. The van der Waals surface area contributed by atoms with Crippen LogP contribution in [0.15, 0.2) is 12.7 Å². The normalized spacial score (nSPS) is 32.4. The van der Waals surface area contributed by atoms with Gasteiger partial charge in [-0.15, -0.1) is 6.58 Å². The molecular weight excluding hydrogens is 214 g/mol. The number of likely N-dealkylation sites (tertiary alicyclic amines) is 1. The van der Waals surface area contributed by atoms with E-state index in [4.69, 9.17) is 4.74 Å². The smallest absolute Gasteiger partial charge is 0.411 e. The maximum atomic E-state index is 12.1. The summed E-state index contributed by atoms with van der Waals surface area (Å²) < 4.78 is 5.46. The highest BCUT2D eigenvalue weighted by Gasteiger charge is 2.51. The van der Waals surface area contributed by atoms with Crippen LogP contribution in [0, 0.1) is 5.92 Å². The number of nitrogens with zero attached hydrogens (tertiary/aromatic N) is 1. The summed E-state index contributed by atoms with van der Waals surface area (Å²) in [6.45, 7) is 9.58. The first kappa shape index (κ1) is 12.5. The summed E-state index contributed by atoms with van der Waals surface area (Å²) in [5.74, 6) is 0.619. The lowest BCUT2D eigenvalue weighted by atomic mass is 9.71. The van der Waals surface area contributed by atoms with Crippen LogP contribution in [0.4, 0.5) is 4.79 Å². The largest absolute Gasteiger partial charge is 0.444 e. The Morgan fingerprint density at radius 1 is 1.35 bits per heavy atom. The molecule has 1 saturated carbocycles. The Bertz CT molecular complexity index is 319. The zero-order chi connectivity index (χ0) is 12.6. The van der Waals surface area contributed by atoms with Crippen LogP contribution in [0.5, 0.6) is 0 Å². The van der Waals surface area contributed by atoms with Gasteiger partial charge in [0.2, 0.25) is 0 Å². The number of carbonyl (C=O) groups excluding carboxylic acids is 1. The zero-order valence-corrected chi connectivity index (χ0v) is 11.1. The summed E-state index contributed by atoms with van der Waals surface area (Å²) in [5.41, 5.74) is -0.414. The van der Waals surface area contributed by atoms with E-state index in [0.29, 0.717) is 12.0 Å². The molecule has 1 aliphatic heterocycles. The van der Waals surface area contributed by atoms with E-state index in [1.807, 2.05) is 31.7 Å². The Kier molecular flexibility index (Phi) is 3.19. The molecule has 0 aromatic carbocycles. The predicted octanol–water partition coefficient (Wildman–Crippen LogP) is 3.35. The van der Waals surface area contributed by atoms with Crippen molar-refractivity contribution in [2.24, 2.45) is 5.92 Å². The first-order valence-electron chi connectivity index (χ1n) is 6.58. The second kappa shape index (κ2) is 4.35. The predicted molar refractivity (Wildman–Crippen MR) is 67.8 cm³/mol. The standard InChI is InChI=1S/C14H23NO2/c1-5-11-10-8-6-7-9-12(10)15(11)13(16)17-14(2,3)4/h5,10-12H,1,6-9H2,2-4H3/t10-,11?,12-/m0/s1. The van der Waals surface area contributed by atoms with Gasteiger partial charge in [0.05, 0.1) is 6.04 Å². The molecule has 0 radical (unpaired) electrons. The number of hydrogen-bond acceptors (Lipinski definition) is 2. The highest BCUT2D eigenvalue weighted by atomic mass is 16.6. The molecule has 0 aromatic heterocycles. The molecule has 1 amide bonds. The van der Waals surface area contributed by atoms with Gasteiger partial charge >= 0.3 is 6.09 Å². The molecule has 2 aliphatic rings. The number of fused-ring (bicyclic) bond motifs is 1. The lowest BCUT2D eigenvalue weighted by Crippen LogP contribution is -2.66. The molecule has 1 aliphatic carbocycles. The second-order valence-electron chi connectivity index (χ2n) is 6.13. The van der Waals surface area contributed by atoms with Gasteiger partial charge in [-0.1, -0.05) is 18.9 Å². The third kappa shape index (κ3) is 2.33. The molecule has 1 unspecified atom stereocenters. The molecule has 17 heavy (non-hydrogen) atoms. The van der Waals surface area contributed by atoms with Crippen molar-refractivity contribution in [3.8, 4) is 0 Å². The summed E-state index contributed by atoms with van der Waals surface area (Å²) in [5, 5.41) is 0. The van der Waals surface area contributed by atoms with E-state index < -0.39 is 5.60 Å². The number of rotatable bonds is 1. The highest BCUT2D eigenvalue weighted by Crippen LogP contribution is 2.43. The molecule has 0 spiro atoms. The van der Waals surface area contributed by atoms with Crippen molar-refractivity contribution in [1.29, 1.82) is 0 Å². The Morgan fingerprint density at radius 3 is 2.59 bits per heavy atom. The molecule has 3 heteroatoms. The third-order valence-electron chi connectivity index (χ3n) is 3.74. The molecule has 3 nitrogen and oxygen atoms in total. The van der Waals surface area contributed by atoms with Gasteiger partial charge in [-0.25, -0.2) is 4.79 Å². The number of carbonyl (C=O) groups is 1. The van der Waals surface area contributed by atoms with E-state index in [0.717, 1.165) is 6.42 Å².